The lowest BCUT2D eigenvalue weighted by Gasteiger charge is -2.15. The molecule has 1 aromatic carbocycles. The van der Waals surface area contributed by atoms with Crippen molar-refractivity contribution in [2.24, 2.45) is 11.7 Å². The van der Waals surface area contributed by atoms with E-state index >= 15 is 0 Å². The number of rotatable bonds is 4. The fourth-order valence-corrected chi connectivity index (χ4v) is 1.69. The van der Waals surface area contributed by atoms with Crippen LogP contribution < -0.4 is 11.1 Å². The average Bonchev–Trinajstić information content (AvgIpc) is 2.97. The van der Waals surface area contributed by atoms with E-state index in [0.29, 0.717) is 11.3 Å². The van der Waals surface area contributed by atoms with Gasteiger partial charge in [-0.2, -0.15) is 18.2 Å². The number of halogens is 4. The monoisotopic (exact) mass is 364 g/mol. The third kappa shape index (κ3) is 4.68. The standard InChI is InChI=1S/C14H15F3N4O2.ClH/c1-7(2)10(18)12(22)19-9-5-3-8(4-6-9)11-20-13(23-21-11)14(15,16)17;/h3-7,10H,18H2,1-2H3,(H,19,22);1H/t10-;/m0./s1. The molecule has 10 heteroatoms. The summed E-state index contributed by atoms with van der Waals surface area (Å²) in [6.07, 6.45) is -4.69. The number of carbonyl (C=O) groups is 1. The van der Waals surface area contributed by atoms with Crippen LogP contribution in [0.4, 0.5) is 18.9 Å². The Kier molecular flexibility index (Phi) is 6.33. The molecule has 0 aliphatic carbocycles. The highest BCUT2D eigenvalue weighted by Crippen LogP contribution is 2.29. The maximum absolute atomic E-state index is 12.4. The van der Waals surface area contributed by atoms with Gasteiger partial charge in [-0.15, -0.1) is 12.4 Å². The molecule has 0 spiro atoms. The molecule has 0 radical (unpaired) electrons. The van der Waals surface area contributed by atoms with Gasteiger partial charge in [-0.25, -0.2) is 0 Å². The summed E-state index contributed by atoms with van der Waals surface area (Å²) in [7, 11) is 0. The predicted molar refractivity (Wildman–Crippen MR) is 83.4 cm³/mol. The largest absolute Gasteiger partial charge is 0.471 e. The normalized spacial score (nSPS) is 12.6. The molecule has 1 aromatic heterocycles. The zero-order valence-electron chi connectivity index (χ0n) is 12.8. The Morgan fingerprint density at radius 1 is 1.25 bits per heavy atom. The highest BCUT2D eigenvalue weighted by Gasteiger charge is 2.38. The Bertz CT molecular complexity index is 686. The lowest BCUT2D eigenvalue weighted by Crippen LogP contribution is -2.39. The number of aromatic nitrogens is 2. The molecule has 1 heterocycles. The molecule has 0 saturated carbocycles. The number of nitrogens with two attached hydrogens (primary N) is 1. The predicted octanol–water partition coefficient (Wildman–Crippen LogP) is 3.10. The van der Waals surface area contributed by atoms with Gasteiger partial charge in [0.25, 0.3) is 0 Å². The minimum Gasteiger partial charge on any atom is -0.329 e. The van der Waals surface area contributed by atoms with E-state index in [1.807, 2.05) is 13.8 Å². The van der Waals surface area contributed by atoms with E-state index < -0.39 is 18.1 Å². The topological polar surface area (TPSA) is 94.0 Å². The third-order valence-electron chi connectivity index (χ3n) is 3.10. The summed E-state index contributed by atoms with van der Waals surface area (Å²) < 4.78 is 41.4. The van der Waals surface area contributed by atoms with E-state index in [9.17, 15) is 18.0 Å². The molecule has 2 rings (SSSR count). The van der Waals surface area contributed by atoms with E-state index in [0.717, 1.165) is 0 Å². The van der Waals surface area contributed by atoms with E-state index in [2.05, 4.69) is 20.0 Å². The second kappa shape index (κ2) is 7.63. The van der Waals surface area contributed by atoms with E-state index in [1.165, 1.54) is 24.3 Å². The van der Waals surface area contributed by atoms with Crippen molar-refractivity contribution in [3.63, 3.8) is 0 Å². The van der Waals surface area contributed by atoms with Gasteiger partial charge in [0, 0.05) is 11.3 Å². The fourth-order valence-electron chi connectivity index (χ4n) is 1.69. The zero-order chi connectivity index (χ0) is 17.2. The molecule has 0 aliphatic rings. The van der Waals surface area contributed by atoms with Gasteiger partial charge in [0.1, 0.15) is 0 Å². The summed E-state index contributed by atoms with van der Waals surface area (Å²) in [6, 6.07) is 5.33. The van der Waals surface area contributed by atoms with Crippen LogP contribution in [-0.4, -0.2) is 22.1 Å². The molecule has 132 valence electrons. The SMILES string of the molecule is CC(C)[C@H](N)C(=O)Nc1ccc(-c2noc(C(F)(F)F)n2)cc1.Cl. The second-order valence-corrected chi connectivity index (χ2v) is 5.26. The molecule has 0 fully saturated rings. The smallest absolute Gasteiger partial charge is 0.329 e. The van der Waals surface area contributed by atoms with Gasteiger partial charge in [0.2, 0.25) is 11.7 Å². The molecule has 0 bridgehead atoms. The Hall–Kier alpha value is -2.13. The molecule has 0 aliphatic heterocycles. The quantitative estimate of drug-likeness (QED) is 0.869. The summed E-state index contributed by atoms with van der Waals surface area (Å²) in [5.41, 5.74) is 6.52. The lowest BCUT2D eigenvalue weighted by molar-refractivity contribution is -0.159. The van der Waals surface area contributed by atoms with Crippen molar-refractivity contribution in [2.45, 2.75) is 26.1 Å². The van der Waals surface area contributed by atoms with Crippen LogP contribution in [0.5, 0.6) is 0 Å². The van der Waals surface area contributed by atoms with Gasteiger partial charge in [-0.3, -0.25) is 4.79 Å². The van der Waals surface area contributed by atoms with E-state index in [4.69, 9.17) is 5.73 Å². The van der Waals surface area contributed by atoms with Crippen LogP contribution in [0, 0.1) is 5.92 Å². The highest BCUT2D eigenvalue weighted by atomic mass is 35.5. The van der Waals surface area contributed by atoms with Gasteiger partial charge < -0.3 is 15.6 Å². The number of benzene rings is 1. The van der Waals surface area contributed by atoms with Crippen molar-refractivity contribution in [3.05, 3.63) is 30.2 Å². The minimum atomic E-state index is -4.69. The molecule has 24 heavy (non-hydrogen) atoms. The maximum atomic E-state index is 12.4. The number of hydrogen-bond acceptors (Lipinski definition) is 5. The Morgan fingerprint density at radius 2 is 1.83 bits per heavy atom. The van der Waals surface area contributed by atoms with Crippen molar-refractivity contribution in [2.75, 3.05) is 5.32 Å². The second-order valence-electron chi connectivity index (χ2n) is 5.26. The first kappa shape index (κ1) is 19.9. The first-order valence-electron chi connectivity index (χ1n) is 6.76. The van der Waals surface area contributed by atoms with Crippen LogP contribution in [0.2, 0.25) is 0 Å². The number of nitrogens with zero attached hydrogens (tertiary/aromatic N) is 2. The molecular weight excluding hydrogens is 349 g/mol. The number of alkyl halides is 3. The Balaban J connectivity index is 0.00000288. The van der Waals surface area contributed by atoms with Crippen molar-refractivity contribution in [1.29, 1.82) is 0 Å². The van der Waals surface area contributed by atoms with Crippen LogP contribution in [-0.2, 0) is 11.0 Å². The van der Waals surface area contributed by atoms with Crippen LogP contribution in [0.3, 0.4) is 0 Å². The number of anilines is 1. The van der Waals surface area contributed by atoms with Crippen molar-refractivity contribution in [1.82, 2.24) is 10.1 Å². The molecule has 3 N–H and O–H groups in total. The summed E-state index contributed by atoms with van der Waals surface area (Å²) in [4.78, 5) is 15.1. The number of hydrogen-bond donors (Lipinski definition) is 2. The summed E-state index contributed by atoms with van der Waals surface area (Å²) in [5.74, 6) is -1.96. The molecular formula is C14H16ClF3N4O2. The third-order valence-corrected chi connectivity index (χ3v) is 3.10. The number of nitrogens with one attached hydrogen (secondary N) is 1. The van der Waals surface area contributed by atoms with Crippen LogP contribution in [0.1, 0.15) is 19.7 Å². The summed E-state index contributed by atoms with van der Waals surface area (Å²) in [5, 5.41) is 5.90. The molecule has 1 atom stereocenters. The Morgan fingerprint density at radius 3 is 2.29 bits per heavy atom. The maximum Gasteiger partial charge on any atom is 0.471 e. The van der Waals surface area contributed by atoms with E-state index in [-0.39, 0.29) is 30.1 Å². The van der Waals surface area contributed by atoms with Gasteiger partial charge in [-0.1, -0.05) is 19.0 Å². The lowest BCUT2D eigenvalue weighted by atomic mass is 10.0. The zero-order valence-corrected chi connectivity index (χ0v) is 13.6. The summed E-state index contributed by atoms with van der Waals surface area (Å²) >= 11 is 0. The van der Waals surface area contributed by atoms with Crippen molar-refractivity contribution in [3.8, 4) is 11.4 Å². The van der Waals surface area contributed by atoms with Gasteiger partial charge in [0.05, 0.1) is 6.04 Å². The molecule has 0 saturated heterocycles. The van der Waals surface area contributed by atoms with Gasteiger partial charge in [-0.05, 0) is 30.2 Å². The first-order chi connectivity index (χ1) is 10.7. The number of carbonyl (C=O) groups excluding carboxylic acids is 1. The molecule has 2 aromatic rings. The molecule has 0 unspecified atom stereocenters. The fraction of sp³-hybridized carbons (Fsp3) is 0.357. The first-order valence-corrected chi connectivity index (χ1v) is 6.76. The summed E-state index contributed by atoms with van der Waals surface area (Å²) in [6.45, 7) is 3.64. The van der Waals surface area contributed by atoms with Crippen LogP contribution in [0.15, 0.2) is 28.8 Å². The van der Waals surface area contributed by atoms with Crippen LogP contribution in [0.25, 0.3) is 11.4 Å². The molecule has 6 nitrogen and oxygen atoms in total. The molecule has 1 amide bonds. The number of amides is 1. The Labute approximate surface area is 142 Å². The van der Waals surface area contributed by atoms with Gasteiger partial charge in [0.15, 0.2) is 0 Å². The van der Waals surface area contributed by atoms with Crippen molar-refractivity contribution < 1.29 is 22.5 Å². The highest BCUT2D eigenvalue weighted by molar-refractivity contribution is 5.95. The minimum absolute atomic E-state index is 0. The van der Waals surface area contributed by atoms with Crippen LogP contribution >= 0.6 is 12.4 Å². The van der Waals surface area contributed by atoms with E-state index in [1.54, 1.807) is 0 Å². The average molecular weight is 365 g/mol. The van der Waals surface area contributed by atoms with Gasteiger partial charge >= 0.3 is 12.1 Å². The van der Waals surface area contributed by atoms with Crippen molar-refractivity contribution >= 4 is 24.0 Å².